The normalized spacial score (nSPS) is 10.9. The molecule has 1 amide bonds. The number of nitriles is 1. The number of nitrogens with one attached hydrogen (secondary N) is 1. The average Bonchev–Trinajstić information content (AvgIpc) is 2.72. The molecule has 0 fully saturated rings. The van der Waals surface area contributed by atoms with Gasteiger partial charge in [-0.1, -0.05) is 37.1 Å². The van der Waals surface area contributed by atoms with Crippen molar-refractivity contribution in [2.75, 3.05) is 13.7 Å². The lowest BCUT2D eigenvalue weighted by molar-refractivity contribution is -0.117. The highest BCUT2D eigenvalue weighted by molar-refractivity contribution is 6.01. The second kappa shape index (κ2) is 11.0. The van der Waals surface area contributed by atoms with E-state index in [1.54, 1.807) is 18.2 Å². The van der Waals surface area contributed by atoms with Gasteiger partial charge in [0.1, 0.15) is 11.6 Å². The molecule has 0 aromatic heterocycles. The predicted molar refractivity (Wildman–Crippen MR) is 120 cm³/mol. The minimum absolute atomic E-state index is 0.00574. The summed E-state index contributed by atoms with van der Waals surface area (Å²) in [5.74, 6) is -0.302. The van der Waals surface area contributed by atoms with Gasteiger partial charge in [0.05, 0.1) is 12.7 Å². The Labute approximate surface area is 183 Å². The molecular formula is C25H28N2O4. The minimum atomic E-state index is -0.468. The number of methoxy groups -OCH3 is 1. The van der Waals surface area contributed by atoms with Crippen LogP contribution < -0.4 is 14.8 Å². The highest BCUT2D eigenvalue weighted by atomic mass is 16.6. The number of nitrogens with zero attached hydrogens (tertiary/aromatic N) is 1. The third kappa shape index (κ3) is 6.19. The third-order valence-electron chi connectivity index (χ3n) is 4.76. The lowest BCUT2D eigenvalue weighted by atomic mass is 10.00. The van der Waals surface area contributed by atoms with Crippen LogP contribution in [0.5, 0.6) is 11.5 Å². The minimum Gasteiger partial charge on any atom is -0.493 e. The number of aryl methyl sites for hydroxylation is 3. The van der Waals surface area contributed by atoms with E-state index in [1.807, 2.05) is 45.9 Å². The van der Waals surface area contributed by atoms with Crippen LogP contribution in [0.25, 0.3) is 6.08 Å². The summed E-state index contributed by atoms with van der Waals surface area (Å²) in [7, 11) is 1.46. The fourth-order valence-corrected chi connectivity index (χ4v) is 3.30. The van der Waals surface area contributed by atoms with Gasteiger partial charge in [0.25, 0.3) is 5.91 Å². The van der Waals surface area contributed by atoms with E-state index in [4.69, 9.17) is 9.47 Å². The van der Waals surface area contributed by atoms with Gasteiger partial charge < -0.3 is 14.8 Å². The van der Waals surface area contributed by atoms with Crippen LogP contribution in [0.1, 0.15) is 52.4 Å². The van der Waals surface area contributed by atoms with E-state index >= 15 is 0 Å². The maximum atomic E-state index is 12.8. The molecule has 0 aliphatic heterocycles. The lowest BCUT2D eigenvalue weighted by Gasteiger charge is -2.13. The largest absolute Gasteiger partial charge is 0.493 e. The van der Waals surface area contributed by atoms with Gasteiger partial charge in [-0.05, 0) is 62.1 Å². The molecule has 31 heavy (non-hydrogen) atoms. The summed E-state index contributed by atoms with van der Waals surface area (Å²) < 4.78 is 11.0. The van der Waals surface area contributed by atoms with Crippen molar-refractivity contribution in [1.82, 2.24) is 5.32 Å². The van der Waals surface area contributed by atoms with Crippen molar-refractivity contribution < 1.29 is 19.1 Å². The summed E-state index contributed by atoms with van der Waals surface area (Å²) in [6, 6.07) is 10.7. The molecular weight excluding hydrogens is 392 g/mol. The van der Waals surface area contributed by atoms with E-state index in [1.165, 1.54) is 13.2 Å². The number of amides is 1. The van der Waals surface area contributed by atoms with Gasteiger partial charge in [0.2, 0.25) is 0 Å². The van der Waals surface area contributed by atoms with Gasteiger partial charge in [-0.15, -0.1) is 0 Å². The van der Waals surface area contributed by atoms with E-state index in [9.17, 15) is 14.9 Å². The summed E-state index contributed by atoms with van der Waals surface area (Å²) in [6.07, 6.45) is 3.27. The average molecular weight is 421 g/mol. The lowest BCUT2D eigenvalue weighted by Crippen LogP contribution is -2.25. The molecule has 2 aromatic carbocycles. The monoisotopic (exact) mass is 420 g/mol. The van der Waals surface area contributed by atoms with Gasteiger partial charge in [-0.25, -0.2) is 4.79 Å². The van der Waals surface area contributed by atoms with E-state index in [-0.39, 0.29) is 11.3 Å². The Bertz CT molecular complexity index is 1020. The molecule has 0 aliphatic carbocycles. The third-order valence-corrected chi connectivity index (χ3v) is 4.76. The zero-order valence-electron chi connectivity index (χ0n) is 18.7. The number of hydrogen-bond acceptors (Lipinski definition) is 5. The molecule has 0 saturated carbocycles. The summed E-state index contributed by atoms with van der Waals surface area (Å²) in [5, 5.41) is 12.1. The molecule has 0 saturated heterocycles. The number of carbonyl (C=O) groups is 2. The number of ether oxygens (including phenoxy) is 2. The highest BCUT2D eigenvalue weighted by Gasteiger charge is 2.18. The fraction of sp³-hybridized carbons (Fsp3) is 0.320. The SMILES string of the molecule is CCCCNC(=O)/C(C#N)=C/c1ccc(OC(=O)c2c(C)cc(C)cc2C)c(OC)c1. The van der Waals surface area contributed by atoms with E-state index in [0.29, 0.717) is 23.4 Å². The van der Waals surface area contributed by atoms with Crippen molar-refractivity contribution in [3.05, 3.63) is 63.7 Å². The summed E-state index contributed by atoms with van der Waals surface area (Å²) in [6.45, 7) is 8.26. The maximum absolute atomic E-state index is 12.8. The summed E-state index contributed by atoms with van der Waals surface area (Å²) >= 11 is 0. The van der Waals surface area contributed by atoms with Crippen molar-refractivity contribution in [1.29, 1.82) is 5.26 Å². The molecule has 2 rings (SSSR count). The van der Waals surface area contributed by atoms with E-state index in [2.05, 4.69) is 5.32 Å². The molecule has 0 bridgehead atoms. The zero-order chi connectivity index (χ0) is 23.0. The Morgan fingerprint density at radius 3 is 2.35 bits per heavy atom. The van der Waals surface area contributed by atoms with Crippen molar-refractivity contribution >= 4 is 18.0 Å². The molecule has 2 aromatic rings. The van der Waals surface area contributed by atoms with Crippen LogP contribution >= 0.6 is 0 Å². The van der Waals surface area contributed by atoms with E-state index in [0.717, 1.165) is 29.5 Å². The predicted octanol–water partition coefficient (Wildman–Crippen LogP) is 4.66. The van der Waals surface area contributed by atoms with Crippen molar-refractivity contribution in [2.24, 2.45) is 0 Å². The first kappa shape index (κ1) is 23.7. The molecule has 0 aliphatic rings. The van der Waals surface area contributed by atoms with Crippen LogP contribution in [0, 0.1) is 32.1 Å². The topological polar surface area (TPSA) is 88.4 Å². The Morgan fingerprint density at radius 1 is 1.10 bits per heavy atom. The molecule has 6 heteroatoms. The van der Waals surface area contributed by atoms with Crippen LogP contribution in [0.15, 0.2) is 35.9 Å². The second-order valence-electron chi connectivity index (χ2n) is 7.35. The molecule has 6 nitrogen and oxygen atoms in total. The first-order valence-electron chi connectivity index (χ1n) is 10.2. The van der Waals surface area contributed by atoms with Crippen LogP contribution in [-0.4, -0.2) is 25.5 Å². The number of unbranched alkanes of at least 4 members (excludes halogenated alkanes) is 1. The summed E-state index contributed by atoms with van der Waals surface area (Å²) in [4.78, 5) is 24.9. The van der Waals surface area contributed by atoms with Crippen molar-refractivity contribution in [2.45, 2.75) is 40.5 Å². The standard InChI is InChI=1S/C25H28N2O4/c1-6-7-10-27-24(28)20(15-26)13-19-8-9-21(22(14-19)30-5)31-25(29)23-17(3)11-16(2)12-18(23)4/h8-9,11-14H,6-7,10H2,1-5H3,(H,27,28)/b20-13+. The molecule has 0 heterocycles. The number of rotatable bonds is 8. The quantitative estimate of drug-likeness (QED) is 0.221. The molecule has 1 N–H and O–H groups in total. The molecule has 162 valence electrons. The molecule has 0 spiro atoms. The molecule has 0 unspecified atom stereocenters. The van der Waals surface area contributed by atoms with Crippen LogP contribution in [0.2, 0.25) is 0 Å². The van der Waals surface area contributed by atoms with Gasteiger partial charge >= 0.3 is 5.97 Å². The molecule has 0 radical (unpaired) electrons. The first-order valence-corrected chi connectivity index (χ1v) is 10.2. The van der Waals surface area contributed by atoms with Crippen molar-refractivity contribution in [3.8, 4) is 17.6 Å². The van der Waals surface area contributed by atoms with Gasteiger partial charge in [-0.2, -0.15) is 5.26 Å². The Morgan fingerprint density at radius 2 is 1.77 bits per heavy atom. The van der Waals surface area contributed by atoms with Crippen LogP contribution in [-0.2, 0) is 4.79 Å². The second-order valence-corrected chi connectivity index (χ2v) is 7.35. The van der Waals surface area contributed by atoms with Crippen molar-refractivity contribution in [3.63, 3.8) is 0 Å². The molecule has 0 atom stereocenters. The van der Waals surface area contributed by atoms with Gasteiger partial charge in [-0.3, -0.25) is 4.79 Å². The zero-order valence-corrected chi connectivity index (χ0v) is 18.7. The summed E-state index contributed by atoms with van der Waals surface area (Å²) in [5.41, 5.74) is 3.86. The smallest absolute Gasteiger partial charge is 0.344 e. The Hall–Kier alpha value is -3.59. The number of benzene rings is 2. The Kier molecular flexibility index (Phi) is 8.39. The first-order chi connectivity index (χ1) is 14.8. The number of esters is 1. The Balaban J connectivity index is 2.26. The number of hydrogen-bond donors (Lipinski definition) is 1. The fourth-order valence-electron chi connectivity index (χ4n) is 3.30. The highest BCUT2D eigenvalue weighted by Crippen LogP contribution is 2.30. The maximum Gasteiger partial charge on any atom is 0.344 e. The van der Waals surface area contributed by atoms with Crippen LogP contribution in [0.4, 0.5) is 0 Å². The van der Waals surface area contributed by atoms with Crippen LogP contribution in [0.3, 0.4) is 0 Å². The van der Waals surface area contributed by atoms with E-state index < -0.39 is 11.9 Å². The number of carbonyl (C=O) groups excluding carboxylic acids is 2. The van der Waals surface area contributed by atoms with Gasteiger partial charge in [0.15, 0.2) is 11.5 Å². The van der Waals surface area contributed by atoms with Gasteiger partial charge in [0, 0.05) is 6.54 Å².